The van der Waals surface area contributed by atoms with Crippen LogP contribution in [0.15, 0.2) is 51.7 Å². The summed E-state index contributed by atoms with van der Waals surface area (Å²) in [5, 5.41) is 1.38. The van der Waals surface area contributed by atoms with Crippen molar-refractivity contribution < 1.29 is 13.9 Å². The zero-order chi connectivity index (χ0) is 21.4. The van der Waals surface area contributed by atoms with Gasteiger partial charge in [-0.05, 0) is 56.2 Å². The van der Waals surface area contributed by atoms with Crippen LogP contribution >= 0.6 is 23.2 Å². The van der Waals surface area contributed by atoms with E-state index in [1.54, 1.807) is 35.2 Å². The minimum atomic E-state index is -0.552. The van der Waals surface area contributed by atoms with Crippen molar-refractivity contribution in [2.75, 3.05) is 13.2 Å². The van der Waals surface area contributed by atoms with Gasteiger partial charge in [0.05, 0.1) is 23.1 Å². The highest BCUT2D eigenvalue weighted by atomic mass is 35.5. The molecule has 5 nitrogen and oxygen atoms in total. The molecule has 0 bridgehead atoms. The van der Waals surface area contributed by atoms with E-state index in [1.807, 2.05) is 26.0 Å². The molecule has 3 aromatic rings. The Bertz CT molecular complexity index is 1150. The van der Waals surface area contributed by atoms with E-state index in [9.17, 15) is 9.59 Å². The van der Waals surface area contributed by atoms with E-state index in [2.05, 4.69) is 0 Å². The van der Waals surface area contributed by atoms with Crippen LogP contribution in [0.4, 0.5) is 0 Å². The summed E-state index contributed by atoms with van der Waals surface area (Å²) in [4.78, 5) is 28.3. The van der Waals surface area contributed by atoms with Crippen LogP contribution < -0.4 is 5.43 Å². The molecule has 1 aliphatic heterocycles. The van der Waals surface area contributed by atoms with Crippen molar-refractivity contribution in [3.8, 4) is 0 Å². The van der Waals surface area contributed by atoms with Gasteiger partial charge in [0.1, 0.15) is 5.58 Å². The quantitative estimate of drug-likeness (QED) is 0.472. The molecule has 7 heteroatoms. The molecule has 1 atom stereocenters. The van der Waals surface area contributed by atoms with Crippen LogP contribution in [0, 0.1) is 0 Å². The molecule has 4 rings (SSSR count). The SMILES string of the molecule is CC(C)OCCCN1C(=O)c2oc3ccc(Cl)cc3c(=O)c2C1c1ccc(Cl)cc1. The molecule has 1 aromatic heterocycles. The Morgan fingerprint density at radius 1 is 1.07 bits per heavy atom. The number of ether oxygens (including phenoxy) is 1. The molecule has 0 saturated heterocycles. The molecular weight excluding hydrogens is 425 g/mol. The lowest BCUT2D eigenvalue weighted by Gasteiger charge is -2.25. The van der Waals surface area contributed by atoms with Gasteiger partial charge in [-0.1, -0.05) is 35.3 Å². The number of amides is 1. The number of halogens is 2. The predicted octanol–water partition coefficient (Wildman–Crippen LogP) is 5.46. The fourth-order valence-corrected chi connectivity index (χ4v) is 4.07. The highest BCUT2D eigenvalue weighted by Gasteiger charge is 2.42. The van der Waals surface area contributed by atoms with Crippen LogP contribution in [0.3, 0.4) is 0 Å². The Balaban J connectivity index is 1.81. The van der Waals surface area contributed by atoms with Gasteiger partial charge < -0.3 is 14.1 Å². The number of rotatable bonds is 6. The van der Waals surface area contributed by atoms with E-state index in [4.69, 9.17) is 32.4 Å². The lowest BCUT2D eigenvalue weighted by Crippen LogP contribution is -2.31. The van der Waals surface area contributed by atoms with Crippen molar-refractivity contribution in [1.82, 2.24) is 4.90 Å². The maximum atomic E-state index is 13.4. The first-order valence-electron chi connectivity index (χ1n) is 9.81. The van der Waals surface area contributed by atoms with Crippen molar-refractivity contribution in [2.45, 2.75) is 32.4 Å². The minimum Gasteiger partial charge on any atom is -0.450 e. The summed E-state index contributed by atoms with van der Waals surface area (Å²) in [6, 6.07) is 11.4. The molecule has 0 saturated carbocycles. The van der Waals surface area contributed by atoms with Gasteiger partial charge in [-0.3, -0.25) is 9.59 Å². The number of benzene rings is 2. The van der Waals surface area contributed by atoms with E-state index >= 15 is 0 Å². The second kappa shape index (κ2) is 8.42. The molecule has 2 aromatic carbocycles. The number of nitrogens with zero attached hydrogens (tertiary/aromatic N) is 1. The lowest BCUT2D eigenvalue weighted by molar-refractivity contribution is 0.0593. The average molecular weight is 446 g/mol. The Morgan fingerprint density at radius 2 is 1.77 bits per heavy atom. The van der Waals surface area contributed by atoms with Gasteiger partial charge in [0.2, 0.25) is 5.76 Å². The van der Waals surface area contributed by atoms with E-state index in [0.29, 0.717) is 46.2 Å². The number of fused-ring (bicyclic) bond motifs is 2. The van der Waals surface area contributed by atoms with Crippen LogP contribution in [0.5, 0.6) is 0 Å². The van der Waals surface area contributed by atoms with Crippen molar-refractivity contribution in [1.29, 1.82) is 0 Å². The van der Waals surface area contributed by atoms with E-state index in [1.165, 1.54) is 0 Å². The molecule has 30 heavy (non-hydrogen) atoms. The molecule has 0 aliphatic carbocycles. The number of carbonyl (C=O) groups is 1. The van der Waals surface area contributed by atoms with Gasteiger partial charge in [-0.25, -0.2) is 0 Å². The molecule has 2 heterocycles. The highest BCUT2D eigenvalue weighted by Crippen LogP contribution is 2.38. The zero-order valence-corrected chi connectivity index (χ0v) is 18.2. The fraction of sp³-hybridized carbons (Fsp3) is 0.304. The first kappa shape index (κ1) is 20.9. The zero-order valence-electron chi connectivity index (χ0n) is 16.7. The van der Waals surface area contributed by atoms with Gasteiger partial charge in [-0.15, -0.1) is 0 Å². The smallest absolute Gasteiger partial charge is 0.290 e. The second-order valence-corrected chi connectivity index (χ2v) is 8.41. The van der Waals surface area contributed by atoms with Crippen LogP contribution in [-0.2, 0) is 4.74 Å². The largest absolute Gasteiger partial charge is 0.450 e. The van der Waals surface area contributed by atoms with Gasteiger partial charge in [0, 0.05) is 23.2 Å². The normalized spacial score (nSPS) is 16.0. The van der Waals surface area contributed by atoms with Gasteiger partial charge in [0.15, 0.2) is 5.43 Å². The second-order valence-electron chi connectivity index (χ2n) is 7.54. The monoisotopic (exact) mass is 445 g/mol. The van der Waals surface area contributed by atoms with Gasteiger partial charge in [-0.2, -0.15) is 0 Å². The number of hydrogen-bond donors (Lipinski definition) is 0. The van der Waals surface area contributed by atoms with Crippen LogP contribution in [0.25, 0.3) is 11.0 Å². The average Bonchev–Trinajstić information content (AvgIpc) is 2.99. The number of carbonyl (C=O) groups excluding carboxylic acids is 1. The Morgan fingerprint density at radius 3 is 2.47 bits per heavy atom. The molecule has 1 unspecified atom stereocenters. The summed E-state index contributed by atoms with van der Waals surface area (Å²) in [7, 11) is 0. The minimum absolute atomic E-state index is 0.0829. The summed E-state index contributed by atoms with van der Waals surface area (Å²) >= 11 is 12.1. The Labute approximate surface area is 184 Å². The Kier molecular flexibility index (Phi) is 5.87. The molecule has 1 amide bonds. The lowest BCUT2D eigenvalue weighted by atomic mass is 9.98. The van der Waals surface area contributed by atoms with E-state index in [-0.39, 0.29) is 23.2 Å². The summed E-state index contributed by atoms with van der Waals surface area (Å²) in [5.74, 6) is -0.219. The topological polar surface area (TPSA) is 59.8 Å². The van der Waals surface area contributed by atoms with E-state index in [0.717, 1.165) is 5.56 Å². The van der Waals surface area contributed by atoms with Crippen molar-refractivity contribution in [3.63, 3.8) is 0 Å². The summed E-state index contributed by atoms with van der Waals surface area (Å²) < 4.78 is 11.5. The first-order valence-corrected chi connectivity index (χ1v) is 10.6. The molecular formula is C23H21Cl2NO4. The molecule has 0 fully saturated rings. The van der Waals surface area contributed by atoms with Crippen molar-refractivity contribution in [2.24, 2.45) is 0 Å². The van der Waals surface area contributed by atoms with Crippen LogP contribution in [-0.4, -0.2) is 30.1 Å². The van der Waals surface area contributed by atoms with Crippen LogP contribution in [0.1, 0.15) is 48.0 Å². The van der Waals surface area contributed by atoms with Gasteiger partial charge in [0.25, 0.3) is 5.91 Å². The fourth-order valence-electron chi connectivity index (χ4n) is 3.77. The first-order chi connectivity index (χ1) is 14.4. The van der Waals surface area contributed by atoms with Crippen molar-refractivity contribution in [3.05, 3.63) is 79.6 Å². The van der Waals surface area contributed by atoms with Gasteiger partial charge >= 0.3 is 0 Å². The Hall–Kier alpha value is -2.34. The molecule has 0 N–H and O–H groups in total. The predicted molar refractivity (Wildman–Crippen MR) is 118 cm³/mol. The summed E-state index contributed by atoms with van der Waals surface area (Å²) in [6.45, 7) is 4.88. The molecule has 1 aliphatic rings. The molecule has 0 spiro atoms. The van der Waals surface area contributed by atoms with E-state index < -0.39 is 6.04 Å². The van der Waals surface area contributed by atoms with Crippen LogP contribution in [0.2, 0.25) is 10.0 Å². The summed E-state index contributed by atoms with van der Waals surface area (Å²) in [5.41, 5.74) is 1.23. The maximum absolute atomic E-state index is 13.4. The van der Waals surface area contributed by atoms with Crippen molar-refractivity contribution >= 4 is 40.1 Å². The number of hydrogen-bond acceptors (Lipinski definition) is 4. The maximum Gasteiger partial charge on any atom is 0.290 e. The molecule has 156 valence electrons. The third kappa shape index (κ3) is 3.85. The molecule has 0 radical (unpaired) electrons. The third-order valence-corrected chi connectivity index (χ3v) is 5.60. The highest BCUT2D eigenvalue weighted by molar-refractivity contribution is 6.31. The standard InChI is InChI=1S/C23H21Cl2NO4/c1-13(2)29-11-3-10-26-20(14-4-6-15(24)7-5-14)19-21(27)17-12-16(25)8-9-18(17)30-22(19)23(26)28/h4-9,12-13,20H,3,10-11H2,1-2H3. The summed E-state index contributed by atoms with van der Waals surface area (Å²) in [6.07, 6.45) is 0.753. The third-order valence-electron chi connectivity index (χ3n) is 5.11.